The lowest BCUT2D eigenvalue weighted by molar-refractivity contribution is 0.103. The number of hydrogen-bond acceptors (Lipinski definition) is 5. The summed E-state index contributed by atoms with van der Waals surface area (Å²) in [5, 5.41) is 4.16. The van der Waals surface area contributed by atoms with E-state index in [1.165, 1.54) is 29.7 Å². The van der Waals surface area contributed by atoms with E-state index in [1.807, 2.05) is 0 Å². The number of hydrogen-bond donors (Lipinski definition) is 2. The zero-order chi connectivity index (χ0) is 19.0. The van der Waals surface area contributed by atoms with E-state index >= 15 is 0 Å². The average Bonchev–Trinajstić information content (AvgIpc) is 2.82. The van der Waals surface area contributed by atoms with Crippen LogP contribution in [0.4, 0.5) is 11.4 Å². The van der Waals surface area contributed by atoms with Crippen molar-refractivity contribution in [1.82, 2.24) is 4.98 Å². The molecule has 0 aliphatic heterocycles. The minimum atomic E-state index is -0.257. The maximum Gasteiger partial charge on any atom is 0.267 e. The fraction of sp³-hybridized carbons (Fsp3) is 0.300. The van der Waals surface area contributed by atoms with Crippen molar-refractivity contribution in [2.45, 2.75) is 32.1 Å². The maximum atomic E-state index is 12.8. The third-order valence-electron chi connectivity index (χ3n) is 4.87. The molecule has 5 nitrogen and oxygen atoms in total. The van der Waals surface area contributed by atoms with Gasteiger partial charge in [-0.2, -0.15) is 0 Å². The number of amides is 1. The summed E-state index contributed by atoms with van der Waals surface area (Å²) >= 11 is 7.47. The Morgan fingerprint density at radius 1 is 1.26 bits per heavy atom. The van der Waals surface area contributed by atoms with Crippen LogP contribution in [0.25, 0.3) is 10.2 Å². The van der Waals surface area contributed by atoms with Crippen molar-refractivity contribution < 1.29 is 9.53 Å². The smallest absolute Gasteiger partial charge is 0.267 e. The summed E-state index contributed by atoms with van der Waals surface area (Å²) in [6.45, 7) is 0. The molecule has 140 valence electrons. The van der Waals surface area contributed by atoms with Crippen LogP contribution in [0.2, 0.25) is 5.02 Å². The second-order valence-electron chi connectivity index (χ2n) is 6.66. The molecule has 3 N–H and O–H groups in total. The number of benzene rings is 1. The Hall–Kier alpha value is -2.31. The molecule has 1 aromatic carbocycles. The van der Waals surface area contributed by atoms with Gasteiger partial charge in [0.25, 0.3) is 5.91 Å². The van der Waals surface area contributed by atoms with Crippen LogP contribution in [0.15, 0.2) is 24.3 Å². The summed E-state index contributed by atoms with van der Waals surface area (Å²) in [6.07, 6.45) is 5.60. The first kappa shape index (κ1) is 18.1. The highest BCUT2D eigenvalue weighted by Crippen LogP contribution is 2.36. The molecule has 1 aliphatic rings. The Balaban J connectivity index is 1.66. The molecule has 2 heterocycles. The first-order valence-electron chi connectivity index (χ1n) is 8.92. The van der Waals surface area contributed by atoms with E-state index in [4.69, 9.17) is 27.1 Å². The van der Waals surface area contributed by atoms with Crippen molar-refractivity contribution in [3.05, 3.63) is 45.4 Å². The highest BCUT2D eigenvalue weighted by Gasteiger charge is 2.20. The summed E-state index contributed by atoms with van der Waals surface area (Å²) < 4.78 is 5.14. The molecule has 1 amide bonds. The van der Waals surface area contributed by atoms with Gasteiger partial charge in [0, 0.05) is 16.8 Å². The van der Waals surface area contributed by atoms with E-state index in [1.54, 1.807) is 25.3 Å². The number of rotatable bonds is 3. The molecule has 0 bridgehead atoms. The molecule has 0 spiro atoms. The van der Waals surface area contributed by atoms with Crippen LogP contribution < -0.4 is 15.8 Å². The Morgan fingerprint density at radius 3 is 2.85 bits per heavy atom. The van der Waals surface area contributed by atoms with Crippen LogP contribution in [0.3, 0.4) is 0 Å². The minimum Gasteiger partial charge on any atom is -0.495 e. The molecule has 2 aromatic heterocycles. The molecular formula is C20H20ClN3O2S. The number of aromatic nitrogens is 1. The van der Waals surface area contributed by atoms with Gasteiger partial charge in [0.15, 0.2) is 0 Å². The second kappa shape index (κ2) is 7.37. The van der Waals surface area contributed by atoms with E-state index < -0.39 is 0 Å². The van der Waals surface area contributed by atoms with Gasteiger partial charge < -0.3 is 15.8 Å². The van der Waals surface area contributed by atoms with Gasteiger partial charge >= 0.3 is 0 Å². The summed E-state index contributed by atoms with van der Waals surface area (Å²) in [5.74, 6) is 0.300. The number of aryl methyl sites for hydroxylation is 2. The SMILES string of the molecule is COc1ccc(NC(=O)c2sc3nc4c(cc3c2N)CCCCC4)cc1Cl. The van der Waals surface area contributed by atoms with Crippen molar-refractivity contribution in [2.75, 3.05) is 18.2 Å². The number of halogens is 1. The average molecular weight is 402 g/mol. The van der Waals surface area contributed by atoms with Crippen LogP contribution in [-0.4, -0.2) is 18.0 Å². The van der Waals surface area contributed by atoms with Gasteiger partial charge in [0.2, 0.25) is 0 Å². The number of methoxy groups -OCH3 is 1. The minimum absolute atomic E-state index is 0.257. The Morgan fingerprint density at radius 2 is 2.07 bits per heavy atom. The Labute approximate surface area is 166 Å². The van der Waals surface area contributed by atoms with Gasteiger partial charge in [-0.3, -0.25) is 4.79 Å². The number of nitrogens with one attached hydrogen (secondary N) is 1. The zero-order valence-electron chi connectivity index (χ0n) is 15.0. The molecule has 1 aliphatic carbocycles. The molecule has 0 unspecified atom stereocenters. The quantitative estimate of drug-likeness (QED) is 0.601. The largest absolute Gasteiger partial charge is 0.495 e. The molecule has 3 aromatic rings. The molecule has 0 radical (unpaired) electrons. The Kier molecular flexibility index (Phi) is 4.93. The van der Waals surface area contributed by atoms with Crippen LogP contribution in [0.5, 0.6) is 5.75 Å². The normalized spacial score (nSPS) is 13.9. The fourth-order valence-electron chi connectivity index (χ4n) is 3.44. The maximum absolute atomic E-state index is 12.8. The Bertz CT molecular complexity index is 1030. The van der Waals surface area contributed by atoms with Crippen molar-refractivity contribution in [1.29, 1.82) is 0 Å². The summed E-state index contributed by atoms with van der Waals surface area (Å²) in [5.41, 5.74) is 9.80. The van der Waals surface area contributed by atoms with E-state index in [0.717, 1.165) is 35.2 Å². The van der Waals surface area contributed by atoms with Crippen LogP contribution in [0, 0.1) is 0 Å². The molecule has 0 saturated heterocycles. The lowest BCUT2D eigenvalue weighted by Crippen LogP contribution is -2.12. The molecule has 0 saturated carbocycles. The monoisotopic (exact) mass is 401 g/mol. The third-order valence-corrected chi connectivity index (χ3v) is 6.27. The number of anilines is 2. The molecule has 0 atom stereocenters. The van der Waals surface area contributed by atoms with Gasteiger partial charge in [-0.05, 0) is 55.5 Å². The molecular weight excluding hydrogens is 382 g/mol. The summed E-state index contributed by atoms with van der Waals surface area (Å²) in [4.78, 5) is 18.9. The van der Waals surface area contributed by atoms with Crippen molar-refractivity contribution in [2.24, 2.45) is 0 Å². The van der Waals surface area contributed by atoms with E-state index in [9.17, 15) is 4.79 Å². The zero-order valence-corrected chi connectivity index (χ0v) is 16.5. The van der Waals surface area contributed by atoms with Crippen LogP contribution in [-0.2, 0) is 12.8 Å². The van der Waals surface area contributed by atoms with Crippen LogP contribution in [0.1, 0.15) is 40.2 Å². The first-order chi connectivity index (χ1) is 13.1. The number of carbonyl (C=O) groups is 1. The van der Waals surface area contributed by atoms with Gasteiger partial charge in [0.1, 0.15) is 15.5 Å². The molecule has 0 fully saturated rings. The molecule has 7 heteroatoms. The predicted molar refractivity (Wildman–Crippen MR) is 111 cm³/mol. The summed E-state index contributed by atoms with van der Waals surface area (Å²) in [7, 11) is 1.55. The van der Waals surface area contributed by atoms with Gasteiger partial charge in [-0.1, -0.05) is 18.0 Å². The summed E-state index contributed by atoms with van der Waals surface area (Å²) in [6, 6.07) is 7.23. The molecule has 27 heavy (non-hydrogen) atoms. The van der Waals surface area contributed by atoms with Gasteiger partial charge in [0.05, 0.1) is 17.8 Å². The predicted octanol–water partition coefficient (Wildman–Crippen LogP) is 5.06. The van der Waals surface area contributed by atoms with Crippen molar-refractivity contribution in [3.63, 3.8) is 0 Å². The number of pyridine rings is 1. The van der Waals surface area contributed by atoms with E-state index in [2.05, 4.69) is 11.4 Å². The fourth-order valence-corrected chi connectivity index (χ4v) is 4.69. The highest BCUT2D eigenvalue weighted by atomic mass is 35.5. The number of carbonyl (C=O) groups excluding carboxylic acids is 1. The number of thiophene rings is 1. The standard InChI is InChI=1S/C20H20ClN3O2S/c1-26-16-8-7-12(10-14(16)21)23-19(25)18-17(22)13-9-11-5-3-2-4-6-15(11)24-20(13)27-18/h7-10H,2-6,22H2,1H3,(H,23,25). The lowest BCUT2D eigenvalue weighted by Gasteiger charge is -2.07. The number of nitrogens with two attached hydrogens (primary N) is 1. The third kappa shape index (κ3) is 3.47. The number of nitrogens with zero attached hydrogens (tertiary/aromatic N) is 1. The van der Waals surface area contributed by atoms with Gasteiger partial charge in [-0.15, -0.1) is 11.3 Å². The van der Waals surface area contributed by atoms with Crippen molar-refractivity contribution >= 4 is 50.4 Å². The number of fused-ring (bicyclic) bond motifs is 2. The van der Waals surface area contributed by atoms with E-state index in [-0.39, 0.29) is 5.91 Å². The van der Waals surface area contributed by atoms with Crippen molar-refractivity contribution in [3.8, 4) is 5.75 Å². The lowest BCUT2D eigenvalue weighted by atomic mass is 10.1. The first-order valence-corrected chi connectivity index (χ1v) is 10.1. The topological polar surface area (TPSA) is 77.2 Å². The molecule has 4 rings (SSSR count). The van der Waals surface area contributed by atoms with Gasteiger partial charge in [-0.25, -0.2) is 4.98 Å². The second-order valence-corrected chi connectivity index (χ2v) is 8.06. The number of ether oxygens (including phenoxy) is 1. The highest BCUT2D eigenvalue weighted by molar-refractivity contribution is 7.21. The van der Waals surface area contributed by atoms with E-state index in [0.29, 0.717) is 27.0 Å². The number of nitrogen functional groups attached to an aromatic ring is 1. The van der Waals surface area contributed by atoms with Crippen LogP contribution >= 0.6 is 22.9 Å².